The first-order valence-corrected chi connectivity index (χ1v) is 12.1. The molecule has 1 aliphatic heterocycles. The maximum absolute atomic E-state index is 14.5. The Morgan fingerprint density at radius 1 is 1.03 bits per heavy atom. The zero-order chi connectivity index (χ0) is 26.7. The molecule has 0 saturated carbocycles. The molecule has 2 heterocycles. The minimum Gasteiger partial charge on any atom is -0.494 e. The van der Waals surface area contributed by atoms with Crippen LogP contribution >= 0.6 is 11.3 Å². The van der Waals surface area contributed by atoms with E-state index in [4.69, 9.17) is 11.3 Å². The minimum absolute atomic E-state index is 0.0404. The van der Waals surface area contributed by atoms with Crippen molar-refractivity contribution in [3.8, 4) is 27.3 Å². The highest BCUT2D eigenvalue weighted by Gasteiger charge is 2.32. The summed E-state index contributed by atoms with van der Waals surface area (Å²) in [5.41, 5.74) is 1.17. The normalized spacial score (nSPS) is 14.8. The summed E-state index contributed by atoms with van der Waals surface area (Å²) in [5, 5.41) is 0. The topological polar surface area (TPSA) is 37.1 Å². The van der Waals surface area contributed by atoms with Gasteiger partial charge in [-0.1, -0.05) is 12.1 Å². The second-order valence-electron chi connectivity index (χ2n) is 8.52. The molecule has 11 heteroatoms. The highest BCUT2D eigenvalue weighted by Crippen LogP contribution is 2.42. The van der Waals surface area contributed by atoms with Gasteiger partial charge in [-0.2, -0.15) is 13.2 Å². The van der Waals surface area contributed by atoms with Crippen LogP contribution < -0.4 is 4.74 Å². The molecule has 0 N–H and O–H groups in total. The van der Waals surface area contributed by atoms with Crippen LogP contribution in [0.15, 0.2) is 42.5 Å². The van der Waals surface area contributed by atoms with Crippen molar-refractivity contribution in [2.45, 2.75) is 12.6 Å². The van der Waals surface area contributed by atoms with Crippen LogP contribution in [0.5, 0.6) is 5.75 Å². The Morgan fingerprint density at radius 3 is 2.41 bits per heavy atom. The summed E-state index contributed by atoms with van der Waals surface area (Å²) < 4.78 is 72.4. The molecular weight excluding hydrogens is 513 g/mol. The van der Waals surface area contributed by atoms with Crippen molar-refractivity contribution in [3.05, 3.63) is 70.4 Å². The number of hydrogen-bond donors (Lipinski definition) is 0. The van der Waals surface area contributed by atoms with Crippen molar-refractivity contribution in [1.29, 1.82) is 0 Å². The largest absolute Gasteiger partial charge is 0.494 e. The molecule has 37 heavy (non-hydrogen) atoms. The molecule has 0 atom stereocenters. The summed E-state index contributed by atoms with van der Waals surface area (Å²) >= 11 is 1.09. The fourth-order valence-corrected chi connectivity index (χ4v) is 5.38. The van der Waals surface area contributed by atoms with Crippen LogP contribution in [0.4, 0.5) is 27.6 Å². The summed E-state index contributed by atoms with van der Waals surface area (Å²) in [6, 6.07) is 9.98. The van der Waals surface area contributed by atoms with E-state index in [1.54, 1.807) is 18.2 Å². The van der Waals surface area contributed by atoms with Gasteiger partial charge < -0.3 is 9.64 Å². The van der Waals surface area contributed by atoms with E-state index in [1.165, 1.54) is 41.2 Å². The summed E-state index contributed by atoms with van der Waals surface area (Å²) in [4.78, 5) is 20.1. The van der Waals surface area contributed by atoms with Gasteiger partial charge >= 0.3 is 6.18 Å². The van der Waals surface area contributed by atoms with Gasteiger partial charge in [-0.05, 0) is 47.9 Å². The van der Waals surface area contributed by atoms with Crippen LogP contribution in [0.25, 0.3) is 26.4 Å². The van der Waals surface area contributed by atoms with Crippen LogP contribution in [-0.4, -0.2) is 61.7 Å². The predicted molar refractivity (Wildman–Crippen MR) is 131 cm³/mol. The number of alkyl halides is 3. The minimum atomic E-state index is -4.32. The van der Waals surface area contributed by atoms with Crippen molar-refractivity contribution in [2.75, 3.05) is 39.8 Å². The van der Waals surface area contributed by atoms with E-state index in [0.29, 0.717) is 39.4 Å². The van der Waals surface area contributed by atoms with Gasteiger partial charge in [0.05, 0.1) is 25.1 Å². The van der Waals surface area contributed by atoms with Crippen LogP contribution in [0.3, 0.4) is 0 Å². The second kappa shape index (κ2) is 10.9. The lowest BCUT2D eigenvalue weighted by molar-refractivity contribution is -0.145. The lowest BCUT2D eigenvalue weighted by atomic mass is 10.0. The quantitative estimate of drug-likeness (QED) is 0.272. The number of amides is 1. The molecule has 5 nitrogen and oxygen atoms in total. The molecule has 4 rings (SSSR count). The number of ether oxygens (including phenoxy) is 1. The Morgan fingerprint density at radius 2 is 1.76 bits per heavy atom. The molecule has 1 saturated heterocycles. The number of halogens is 5. The van der Waals surface area contributed by atoms with E-state index in [2.05, 4.69) is 4.85 Å². The van der Waals surface area contributed by atoms with Crippen LogP contribution in [-0.2, 0) is 0 Å². The fourth-order valence-electron chi connectivity index (χ4n) is 4.24. The number of thiophene rings is 1. The zero-order valence-electron chi connectivity index (χ0n) is 19.7. The summed E-state index contributed by atoms with van der Waals surface area (Å²) in [6.07, 6.45) is -3.93. The number of methoxy groups -OCH3 is 1. The Balaban J connectivity index is 1.69. The fraction of sp³-hybridized carbons (Fsp3) is 0.308. The smallest absolute Gasteiger partial charge is 0.401 e. The Hall–Kier alpha value is -3.49. The van der Waals surface area contributed by atoms with Gasteiger partial charge in [0.15, 0.2) is 11.6 Å². The zero-order valence-corrected chi connectivity index (χ0v) is 20.6. The predicted octanol–water partition coefficient (Wildman–Crippen LogP) is 6.63. The monoisotopic (exact) mass is 535 g/mol. The number of rotatable bonds is 5. The molecule has 3 aromatic rings. The number of hydrogen-bond acceptors (Lipinski definition) is 4. The number of nitrogens with zero attached hydrogens (tertiary/aromatic N) is 3. The van der Waals surface area contributed by atoms with Crippen molar-refractivity contribution < 1.29 is 31.5 Å². The van der Waals surface area contributed by atoms with Gasteiger partial charge in [-0.3, -0.25) is 9.69 Å². The molecule has 2 aromatic carbocycles. The van der Waals surface area contributed by atoms with Gasteiger partial charge in [0, 0.05) is 36.6 Å². The van der Waals surface area contributed by atoms with Crippen LogP contribution in [0, 0.1) is 18.2 Å². The van der Waals surface area contributed by atoms with E-state index < -0.39 is 24.4 Å². The molecule has 0 spiro atoms. The lowest BCUT2D eigenvalue weighted by Gasteiger charge is -2.22. The average Bonchev–Trinajstić information content (AvgIpc) is 3.17. The summed E-state index contributed by atoms with van der Waals surface area (Å²) in [6.45, 7) is 6.77. The molecule has 0 unspecified atom stereocenters. The van der Waals surface area contributed by atoms with E-state index >= 15 is 0 Å². The van der Waals surface area contributed by atoms with Crippen molar-refractivity contribution >= 4 is 22.9 Å². The third kappa shape index (κ3) is 6.09. The lowest BCUT2D eigenvalue weighted by Crippen LogP contribution is -2.38. The number of carbonyl (C=O) groups is 1. The maximum Gasteiger partial charge on any atom is 0.401 e. The highest BCUT2D eigenvalue weighted by atomic mass is 32.1. The molecule has 1 aromatic heterocycles. The van der Waals surface area contributed by atoms with Gasteiger partial charge in [-0.25, -0.2) is 13.6 Å². The molecular formula is C26H22F5N3O2S. The molecule has 0 aliphatic carbocycles. The third-order valence-corrected chi connectivity index (χ3v) is 7.19. The van der Waals surface area contributed by atoms with E-state index in [1.807, 2.05) is 0 Å². The van der Waals surface area contributed by atoms with Gasteiger partial charge in [0.2, 0.25) is 5.69 Å². The van der Waals surface area contributed by atoms with Gasteiger partial charge in [0.25, 0.3) is 5.91 Å². The number of carbonyl (C=O) groups excluding carboxylic acids is 1. The van der Waals surface area contributed by atoms with Crippen LogP contribution in [0.1, 0.15) is 16.1 Å². The Bertz CT molecular complexity index is 1350. The maximum atomic E-state index is 14.5. The van der Waals surface area contributed by atoms with Crippen molar-refractivity contribution in [1.82, 2.24) is 9.80 Å². The van der Waals surface area contributed by atoms with Crippen molar-refractivity contribution in [3.63, 3.8) is 0 Å². The standard InChI is InChI=1S/C26H22F5N3O2S/c1-32-21-6-4-16(12-19(21)27)18-14-23(37-24(18)17-5-7-22(36-2)20(28)13-17)25(35)34-9-3-8-33(10-11-34)15-26(29,30)31/h4-7,12-14H,3,8-11,15H2,2H3. The molecule has 194 valence electrons. The first-order chi connectivity index (χ1) is 17.6. The summed E-state index contributed by atoms with van der Waals surface area (Å²) in [5.74, 6) is -1.66. The first-order valence-electron chi connectivity index (χ1n) is 11.3. The molecule has 0 radical (unpaired) electrons. The SMILES string of the molecule is [C-]#[N+]c1ccc(-c2cc(C(=O)N3CCCN(CC(F)(F)F)CC3)sc2-c2ccc(OC)c(F)c2)cc1F. The highest BCUT2D eigenvalue weighted by molar-refractivity contribution is 7.18. The molecule has 0 bridgehead atoms. The summed E-state index contributed by atoms with van der Waals surface area (Å²) in [7, 11) is 1.34. The third-order valence-electron chi connectivity index (χ3n) is 6.01. The van der Waals surface area contributed by atoms with E-state index in [9.17, 15) is 26.7 Å². The second-order valence-corrected chi connectivity index (χ2v) is 9.57. The molecule has 1 amide bonds. The number of benzene rings is 2. The van der Waals surface area contributed by atoms with E-state index in [-0.39, 0.29) is 37.0 Å². The Kier molecular flexibility index (Phi) is 7.80. The van der Waals surface area contributed by atoms with Crippen molar-refractivity contribution in [2.24, 2.45) is 0 Å². The first kappa shape index (κ1) is 26.6. The van der Waals surface area contributed by atoms with Gasteiger partial charge in [0.1, 0.15) is 5.82 Å². The van der Waals surface area contributed by atoms with E-state index in [0.717, 1.165) is 11.3 Å². The van der Waals surface area contributed by atoms with Gasteiger partial charge in [-0.15, -0.1) is 11.3 Å². The van der Waals surface area contributed by atoms with Crippen LogP contribution in [0.2, 0.25) is 0 Å². The molecule has 1 aliphatic rings. The average molecular weight is 536 g/mol. The molecule has 1 fully saturated rings. The Labute approximate surface area is 214 Å².